The summed E-state index contributed by atoms with van der Waals surface area (Å²) in [5.41, 5.74) is 0.368. The van der Waals surface area contributed by atoms with Crippen molar-refractivity contribution < 1.29 is 19.3 Å². The summed E-state index contributed by atoms with van der Waals surface area (Å²) in [7, 11) is 0. The van der Waals surface area contributed by atoms with Crippen molar-refractivity contribution in [3.05, 3.63) is 69.3 Å². The fourth-order valence-corrected chi connectivity index (χ4v) is 2.70. The lowest BCUT2D eigenvalue weighted by molar-refractivity contribution is -0.384. The van der Waals surface area contributed by atoms with E-state index in [1.54, 1.807) is 12.1 Å². The van der Waals surface area contributed by atoms with E-state index in [1.165, 1.54) is 24.3 Å². The van der Waals surface area contributed by atoms with Gasteiger partial charge in [-0.2, -0.15) is 0 Å². The van der Waals surface area contributed by atoms with E-state index in [0.29, 0.717) is 12.1 Å². The lowest BCUT2D eigenvalue weighted by Gasteiger charge is -2.15. The molecule has 1 N–H and O–H groups in total. The first-order chi connectivity index (χ1) is 12.4. The van der Waals surface area contributed by atoms with Gasteiger partial charge in [-0.05, 0) is 30.7 Å². The van der Waals surface area contributed by atoms with Crippen LogP contribution in [0.5, 0.6) is 0 Å². The Balaban J connectivity index is 1.95. The zero-order valence-electron chi connectivity index (χ0n) is 13.9. The quantitative estimate of drug-likeness (QED) is 0.504. The van der Waals surface area contributed by atoms with Crippen LogP contribution in [0, 0.1) is 10.1 Å². The number of hydrogen-bond donors (Lipinski definition) is 1. The van der Waals surface area contributed by atoms with Crippen LogP contribution in [0.1, 0.15) is 44.4 Å². The van der Waals surface area contributed by atoms with Gasteiger partial charge in [0.1, 0.15) is 0 Å². The molecule has 8 nitrogen and oxygen atoms in total. The number of imide groups is 1. The van der Waals surface area contributed by atoms with E-state index in [0.717, 1.165) is 17.4 Å². The topological polar surface area (TPSA) is 110 Å². The molecular formula is C18H15N3O5. The summed E-state index contributed by atoms with van der Waals surface area (Å²) < 4.78 is 0. The minimum absolute atomic E-state index is 0.0231. The summed E-state index contributed by atoms with van der Waals surface area (Å²) in [4.78, 5) is 48.5. The average Bonchev–Trinajstić information content (AvgIpc) is 2.90. The van der Waals surface area contributed by atoms with Crippen molar-refractivity contribution in [3.8, 4) is 0 Å². The van der Waals surface area contributed by atoms with Crippen molar-refractivity contribution in [2.24, 2.45) is 0 Å². The van der Waals surface area contributed by atoms with Gasteiger partial charge in [0.25, 0.3) is 23.4 Å². The zero-order chi connectivity index (χ0) is 18.8. The normalized spacial score (nSPS) is 12.9. The minimum Gasteiger partial charge on any atom is -0.352 e. The van der Waals surface area contributed by atoms with Gasteiger partial charge in [-0.1, -0.05) is 13.0 Å². The van der Waals surface area contributed by atoms with E-state index in [1.807, 2.05) is 6.92 Å². The Kier molecular flexibility index (Phi) is 4.49. The summed E-state index contributed by atoms with van der Waals surface area (Å²) >= 11 is 0. The SMILES string of the molecule is CCCNC(=O)c1cccc(N2C(=O)c3ccc([N+](=O)[O-])cc3C2=O)c1. The second-order valence-corrected chi connectivity index (χ2v) is 5.74. The largest absolute Gasteiger partial charge is 0.352 e. The Labute approximate surface area is 148 Å². The van der Waals surface area contributed by atoms with Gasteiger partial charge >= 0.3 is 0 Å². The summed E-state index contributed by atoms with van der Waals surface area (Å²) in [6.07, 6.45) is 0.780. The van der Waals surface area contributed by atoms with Crippen LogP contribution in [0.15, 0.2) is 42.5 Å². The fraction of sp³-hybridized carbons (Fsp3) is 0.167. The molecule has 0 aliphatic carbocycles. The minimum atomic E-state index is -0.653. The van der Waals surface area contributed by atoms with Crippen LogP contribution in [0.4, 0.5) is 11.4 Å². The number of anilines is 1. The molecule has 132 valence electrons. The number of amides is 3. The maximum atomic E-state index is 12.6. The standard InChI is InChI=1S/C18H15N3O5/c1-2-8-19-16(22)11-4-3-5-12(9-11)20-17(23)14-7-6-13(21(25)26)10-15(14)18(20)24/h3-7,9-10H,2,8H2,1H3,(H,19,22). The number of nitrogens with zero attached hydrogens (tertiary/aromatic N) is 2. The number of hydrogen-bond acceptors (Lipinski definition) is 5. The second kappa shape index (κ2) is 6.75. The molecule has 0 bridgehead atoms. The Morgan fingerprint density at radius 1 is 1.12 bits per heavy atom. The number of rotatable bonds is 5. The van der Waals surface area contributed by atoms with Crippen LogP contribution in [0.25, 0.3) is 0 Å². The Bertz CT molecular complexity index is 938. The first kappa shape index (κ1) is 17.3. The third-order valence-electron chi connectivity index (χ3n) is 3.98. The monoisotopic (exact) mass is 353 g/mol. The van der Waals surface area contributed by atoms with Crippen LogP contribution < -0.4 is 10.2 Å². The molecule has 0 fully saturated rings. The third kappa shape index (κ3) is 2.92. The lowest BCUT2D eigenvalue weighted by Crippen LogP contribution is -2.30. The van der Waals surface area contributed by atoms with Crippen molar-refractivity contribution in [3.63, 3.8) is 0 Å². The van der Waals surface area contributed by atoms with Gasteiger partial charge < -0.3 is 5.32 Å². The third-order valence-corrected chi connectivity index (χ3v) is 3.98. The molecule has 3 rings (SSSR count). The van der Waals surface area contributed by atoms with Crippen molar-refractivity contribution in [2.75, 3.05) is 11.4 Å². The van der Waals surface area contributed by atoms with Gasteiger partial charge in [0.15, 0.2) is 0 Å². The van der Waals surface area contributed by atoms with Crippen LogP contribution in [0.3, 0.4) is 0 Å². The van der Waals surface area contributed by atoms with Crippen molar-refractivity contribution >= 4 is 29.1 Å². The molecule has 0 spiro atoms. The second-order valence-electron chi connectivity index (χ2n) is 5.74. The molecule has 3 amide bonds. The van der Waals surface area contributed by atoms with Gasteiger partial charge in [0, 0.05) is 24.2 Å². The summed E-state index contributed by atoms with van der Waals surface area (Å²) in [5.74, 6) is -1.54. The molecule has 0 unspecified atom stereocenters. The van der Waals surface area contributed by atoms with Crippen molar-refractivity contribution in [1.29, 1.82) is 0 Å². The van der Waals surface area contributed by atoms with Crippen molar-refractivity contribution in [1.82, 2.24) is 5.32 Å². The number of carbonyl (C=O) groups excluding carboxylic acids is 3. The highest BCUT2D eigenvalue weighted by Crippen LogP contribution is 2.31. The van der Waals surface area contributed by atoms with Gasteiger partial charge in [0.2, 0.25) is 0 Å². The summed E-state index contributed by atoms with van der Waals surface area (Å²) in [5, 5.41) is 13.6. The number of nitro benzene ring substituents is 1. The zero-order valence-corrected chi connectivity index (χ0v) is 13.9. The first-order valence-electron chi connectivity index (χ1n) is 7.99. The molecule has 0 saturated carbocycles. The van der Waals surface area contributed by atoms with Gasteiger partial charge in [0.05, 0.1) is 21.7 Å². The molecule has 8 heteroatoms. The molecule has 1 heterocycles. The van der Waals surface area contributed by atoms with Gasteiger partial charge in [-0.3, -0.25) is 24.5 Å². The lowest BCUT2D eigenvalue weighted by atomic mass is 10.1. The van der Waals surface area contributed by atoms with Gasteiger partial charge in [-0.15, -0.1) is 0 Å². The number of benzene rings is 2. The number of fused-ring (bicyclic) bond motifs is 1. The Hall–Kier alpha value is -3.55. The number of nitrogens with one attached hydrogen (secondary N) is 1. The van der Waals surface area contributed by atoms with E-state index < -0.39 is 16.7 Å². The average molecular weight is 353 g/mol. The van der Waals surface area contributed by atoms with E-state index in [2.05, 4.69) is 5.32 Å². The maximum absolute atomic E-state index is 12.6. The predicted octanol–water partition coefficient (Wildman–Crippen LogP) is 2.54. The molecule has 0 aromatic heterocycles. The van der Waals surface area contributed by atoms with Crippen LogP contribution >= 0.6 is 0 Å². The summed E-state index contributed by atoms with van der Waals surface area (Å²) in [6.45, 7) is 2.44. The van der Waals surface area contributed by atoms with E-state index in [4.69, 9.17) is 0 Å². The molecule has 0 radical (unpaired) electrons. The molecular weight excluding hydrogens is 338 g/mol. The molecule has 0 atom stereocenters. The highest BCUT2D eigenvalue weighted by atomic mass is 16.6. The fourth-order valence-electron chi connectivity index (χ4n) is 2.70. The number of non-ortho nitro benzene ring substituents is 1. The van der Waals surface area contributed by atoms with E-state index >= 15 is 0 Å². The van der Waals surface area contributed by atoms with Gasteiger partial charge in [-0.25, -0.2) is 4.90 Å². The van der Waals surface area contributed by atoms with Crippen LogP contribution in [0.2, 0.25) is 0 Å². The number of carbonyl (C=O) groups is 3. The molecule has 26 heavy (non-hydrogen) atoms. The Morgan fingerprint density at radius 2 is 1.85 bits per heavy atom. The smallest absolute Gasteiger partial charge is 0.270 e. The molecule has 1 aliphatic rings. The number of nitro groups is 1. The van der Waals surface area contributed by atoms with Crippen molar-refractivity contribution in [2.45, 2.75) is 13.3 Å². The van der Waals surface area contributed by atoms with E-state index in [-0.39, 0.29) is 28.4 Å². The van der Waals surface area contributed by atoms with E-state index in [9.17, 15) is 24.5 Å². The maximum Gasteiger partial charge on any atom is 0.270 e. The highest BCUT2D eigenvalue weighted by Gasteiger charge is 2.38. The molecule has 1 aliphatic heterocycles. The molecule has 2 aromatic rings. The molecule has 2 aromatic carbocycles. The van der Waals surface area contributed by atoms with Crippen LogP contribution in [-0.4, -0.2) is 29.2 Å². The highest BCUT2D eigenvalue weighted by molar-refractivity contribution is 6.34. The molecule has 0 saturated heterocycles. The summed E-state index contributed by atoms with van der Waals surface area (Å²) in [6, 6.07) is 9.68. The van der Waals surface area contributed by atoms with Crippen LogP contribution in [-0.2, 0) is 0 Å². The first-order valence-corrected chi connectivity index (χ1v) is 7.99. The predicted molar refractivity (Wildman–Crippen MR) is 93.3 cm³/mol. The Morgan fingerprint density at radius 3 is 2.54 bits per heavy atom.